The Balaban J connectivity index is 2.05. The molecular weight excluding hydrogens is 446 g/mol. The number of rotatable bonds is 9. The van der Waals surface area contributed by atoms with Crippen LogP contribution in [-0.2, 0) is 9.53 Å². The second kappa shape index (κ2) is 11.9. The number of carbonyl (C=O) groups excluding carboxylic acids is 2. The first kappa shape index (κ1) is 26.9. The second-order valence-corrected chi connectivity index (χ2v) is 12.1. The van der Waals surface area contributed by atoms with Gasteiger partial charge in [-0.1, -0.05) is 40.2 Å². The topological polar surface area (TPSA) is 66.8 Å². The first-order valence-corrected chi connectivity index (χ1v) is 13.9. The van der Waals surface area contributed by atoms with Crippen molar-refractivity contribution in [2.45, 2.75) is 97.9 Å². The molecule has 2 aliphatic carbocycles. The number of ether oxygens (including phenoxy) is 1. The summed E-state index contributed by atoms with van der Waals surface area (Å²) in [4.78, 5) is 30.3. The van der Waals surface area contributed by atoms with Gasteiger partial charge in [-0.05, 0) is 80.8 Å². The average molecular weight is 490 g/mol. The SMILES string of the molecule is CCCC(CCO)N(C(=O)C1CCC(C)CC1)c1cc(C2=CCC(C)(C)CC2)sc1C(=O)OC. The van der Waals surface area contributed by atoms with E-state index in [1.807, 2.05) is 11.0 Å². The van der Waals surface area contributed by atoms with Crippen LogP contribution in [0.2, 0.25) is 0 Å². The number of anilines is 1. The number of thiophene rings is 1. The average Bonchev–Trinajstić information content (AvgIpc) is 3.24. The van der Waals surface area contributed by atoms with Gasteiger partial charge in [-0.2, -0.15) is 0 Å². The highest BCUT2D eigenvalue weighted by Crippen LogP contribution is 2.44. The summed E-state index contributed by atoms with van der Waals surface area (Å²) < 4.78 is 5.16. The molecule has 1 saturated carbocycles. The zero-order chi connectivity index (χ0) is 24.9. The third kappa shape index (κ3) is 6.31. The van der Waals surface area contributed by atoms with E-state index in [0.29, 0.717) is 28.3 Å². The van der Waals surface area contributed by atoms with Gasteiger partial charge in [0.25, 0.3) is 0 Å². The summed E-state index contributed by atoms with van der Waals surface area (Å²) in [5.74, 6) is 0.337. The van der Waals surface area contributed by atoms with Gasteiger partial charge in [0, 0.05) is 23.4 Å². The molecule has 0 bridgehead atoms. The Bertz CT molecular complexity index is 873. The van der Waals surface area contributed by atoms with E-state index in [4.69, 9.17) is 4.74 Å². The lowest BCUT2D eigenvalue weighted by Crippen LogP contribution is -2.45. The first-order chi connectivity index (χ1) is 16.2. The van der Waals surface area contributed by atoms with Crippen LogP contribution >= 0.6 is 11.3 Å². The minimum absolute atomic E-state index is 0.0148. The van der Waals surface area contributed by atoms with Gasteiger partial charge in [0.05, 0.1) is 12.8 Å². The molecule has 0 saturated heterocycles. The lowest BCUT2D eigenvalue weighted by Gasteiger charge is -2.36. The summed E-state index contributed by atoms with van der Waals surface area (Å²) in [5, 5.41) is 9.83. The predicted octanol–water partition coefficient (Wildman–Crippen LogP) is 6.84. The van der Waals surface area contributed by atoms with E-state index >= 15 is 0 Å². The van der Waals surface area contributed by atoms with Crippen LogP contribution in [0.3, 0.4) is 0 Å². The Kier molecular flexibility index (Phi) is 9.39. The van der Waals surface area contributed by atoms with Crippen LogP contribution in [0, 0.1) is 17.3 Å². The van der Waals surface area contributed by atoms with Crippen molar-refractivity contribution in [1.29, 1.82) is 0 Å². The number of aliphatic hydroxyl groups is 1. The Morgan fingerprint density at radius 2 is 1.94 bits per heavy atom. The van der Waals surface area contributed by atoms with E-state index in [1.165, 1.54) is 24.0 Å². The standard InChI is InChI=1S/C28H43NO4S/c1-6-7-22(14-17-30)29(26(31)21-10-8-19(2)9-11-21)23-18-24(34-25(23)27(32)33-5)20-12-15-28(3,4)16-13-20/h12,18-19,21-22,30H,6-11,13-17H2,1-5H3. The second-order valence-electron chi connectivity index (χ2n) is 11.0. The summed E-state index contributed by atoms with van der Waals surface area (Å²) in [6.07, 6.45) is 11.5. The van der Waals surface area contributed by atoms with Crippen molar-refractivity contribution in [3.05, 3.63) is 21.9 Å². The van der Waals surface area contributed by atoms with Gasteiger partial charge in [-0.25, -0.2) is 4.79 Å². The Morgan fingerprint density at radius 3 is 2.50 bits per heavy atom. The molecule has 190 valence electrons. The fraction of sp³-hybridized carbons (Fsp3) is 0.714. The molecule has 1 atom stereocenters. The number of nitrogens with zero attached hydrogens (tertiary/aromatic N) is 1. The minimum Gasteiger partial charge on any atom is -0.465 e. The van der Waals surface area contributed by atoms with Crippen LogP contribution in [0.5, 0.6) is 0 Å². The third-order valence-electron chi connectivity index (χ3n) is 7.68. The van der Waals surface area contributed by atoms with E-state index in [-0.39, 0.29) is 24.5 Å². The summed E-state index contributed by atoms with van der Waals surface area (Å²) in [6, 6.07) is 1.91. The zero-order valence-corrected chi connectivity index (χ0v) is 22.5. The van der Waals surface area contributed by atoms with E-state index in [1.54, 1.807) is 0 Å². The highest BCUT2D eigenvalue weighted by atomic mass is 32.1. The quantitative estimate of drug-likeness (QED) is 0.386. The van der Waals surface area contributed by atoms with Gasteiger partial charge < -0.3 is 14.7 Å². The summed E-state index contributed by atoms with van der Waals surface area (Å²) >= 11 is 1.45. The predicted molar refractivity (Wildman–Crippen MR) is 140 cm³/mol. The van der Waals surface area contributed by atoms with Crippen molar-refractivity contribution < 1.29 is 19.4 Å². The first-order valence-electron chi connectivity index (χ1n) is 13.1. The lowest BCUT2D eigenvalue weighted by atomic mass is 9.78. The molecule has 5 nitrogen and oxygen atoms in total. The summed E-state index contributed by atoms with van der Waals surface area (Å²) in [6.45, 7) is 8.94. The number of esters is 1. The van der Waals surface area contributed by atoms with E-state index in [0.717, 1.165) is 62.7 Å². The largest absolute Gasteiger partial charge is 0.465 e. The van der Waals surface area contributed by atoms with E-state index in [9.17, 15) is 14.7 Å². The van der Waals surface area contributed by atoms with Gasteiger partial charge in [-0.15, -0.1) is 11.3 Å². The van der Waals surface area contributed by atoms with Crippen molar-refractivity contribution in [3.8, 4) is 0 Å². The summed E-state index contributed by atoms with van der Waals surface area (Å²) in [7, 11) is 1.40. The number of carbonyl (C=O) groups is 2. The van der Waals surface area contributed by atoms with Gasteiger partial charge in [0.1, 0.15) is 4.88 Å². The van der Waals surface area contributed by atoms with Gasteiger partial charge in [0.2, 0.25) is 5.91 Å². The van der Waals surface area contributed by atoms with Gasteiger partial charge >= 0.3 is 5.97 Å². The molecule has 1 fully saturated rings. The highest BCUT2D eigenvalue weighted by Gasteiger charge is 2.36. The number of hydrogen-bond donors (Lipinski definition) is 1. The molecule has 0 aromatic carbocycles. The molecule has 0 spiro atoms. The Labute approximate surface area is 209 Å². The number of allylic oxidation sites excluding steroid dienone is 2. The Morgan fingerprint density at radius 1 is 1.24 bits per heavy atom. The summed E-state index contributed by atoms with van der Waals surface area (Å²) in [5.41, 5.74) is 2.23. The molecule has 1 N–H and O–H groups in total. The van der Waals surface area contributed by atoms with Crippen LogP contribution in [0.15, 0.2) is 12.1 Å². The molecule has 1 aromatic heterocycles. The smallest absolute Gasteiger partial charge is 0.350 e. The number of hydrogen-bond acceptors (Lipinski definition) is 5. The molecule has 1 amide bonds. The fourth-order valence-corrected chi connectivity index (χ4v) is 6.48. The van der Waals surface area contributed by atoms with E-state index in [2.05, 4.69) is 33.8 Å². The van der Waals surface area contributed by atoms with Gasteiger partial charge in [-0.3, -0.25) is 4.79 Å². The fourth-order valence-electron chi connectivity index (χ4n) is 5.34. The molecule has 1 heterocycles. The molecule has 1 aromatic rings. The zero-order valence-electron chi connectivity index (χ0n) is 21.7. The molecule has 6 heteroatoms. The van der Waals surface area contributed by atoms with Crippen LogP contribution in [-0.4, -0.2) is 36.7 Å². The molecule has 0 aliphatic heterocycles. The maximum Gasteiger partial charge on any atom is 0.350 e. The number of amides is 1. The number of methoxy groups -OCH3 is 1. The Hall–Kier alpha value is -1.66. The van der Waals surface area contributed by atoms with Crippen molar-refractivity contribution >= 4 is 34.5 Å². The third-order valence-corrected chi connectivity index (χ3v) is 8.86. The van der Waals surface area contributed by atoms with Crippen LogP contribution in [0.4, 0.5) is 5.69 Å². The number of aliphatic hydroxyl groups excluding tert-OH is 1. The molecule has 1 unspecified atom stereocenters. The molecule has 2 aliphatic rings. The van der Waals surface area contributed by atoms with Crippen LogP contribution in [0.1, 0.15) is 106 Å². The van der Waals surface area contributed by atoms with Crippen LogP contribution < -0.4 is 4.90 Å². The normalized spacial score (nSPS) is 23.2. The van der Waals surface area contributed by atoms with E-state index < -0.39 is 5.97 Å². The molecule has 3 rings (SSSR count). The van der Waals surface area contributed by atoms with Crippen molar-refractivity contribution in [2.24, 2.45) is 17.3 Å². The molecular formula is C28H43NO4S. The monoisotopic (exact) mass is 489 g/mol. The molecule has 0 radical (unpaired) electrons. The lowest BCUT2D eigenvalue weighted by molar-refractivity contribution is -0.124. The van der Waals surface area contributed by atoms with Crippen LogP contribution in [0.25, 0.3) is 5.57 Å². The van der Waals surface area contributed by atoms with Crippen molar-refractivity contribution in [3.63, 3.8) is 0 Å². The van der Waals surface area contributed by atoms with Crippen molar-refractivity contribution in [2.75, 3.05) is 18.6 Å². The van der Waals surface area contributed by atoms with Gasteiger partial charge in [0.15, 0.2) is 0 Å². The maximum atomic E-state index is 14.0. The maximum absolute atomic E-state index is 14.0. The minimum atomic E-state index is -0.391. The molecule has 34 heavy (non-hydrogen) atoms. The van der Waals surface area contributed by atoms with Crippen molar-refractivity contribution in [1.82, 2.24) is 0 Å². The highest BCUT2D eigenvalue weighted by molar-refractivity contribution is 7.15.